The fraction of sp³-hybridized carbons (Fsp3) is 0.833. The zero-order valence-corrected chi connectivity index (χ0v) is 10.0. The molecule has 3 rings (SSSR count). The number of alkyl halides is 3. The summed E-state index contributed by atoms with van der Waals surface area (Å²) in [6.07, 6.45) is 1.87. The molecule has 0 aliphatic heterocycles. The molecule has 2 atom stereocenters. The maximum atomic E-state index is 13.1. The number of hydrogen-bond acceptors (Lipinski definition) is 2. The van der Waals surface area contributed by atoms with Gasteiger partial charge in [-0.05, 0) is 25.7 Å². The van der Waals surface area contributed by atoms with Crippen molar-refractivity contribution in [3.05, 3.63) is 12.2 Å². The minimum Gasteiger partial charge on any atom is -0.314 e. The first-order valence-electron chi connectivity index (χ1n) is 6.53. The van der Waals surface area contributed by atoms with E-state index in [2.05, 4.69) is 10.2 Å². The fourth-order valence-electron chi connectivity index (χ4n) is 2.98. The molecule has 3 nitrogen and oxygen atoms in total. The lowest BCUT2D eigenvalue weighted by molar-refractivity contribution is -0.188. The number of rotatable bonds is 2. The van der Waals surface area contributed by atoms with Crippen LogP contribution in [0.1, 0.15) is 56.3 Å². The van der Waals surface area contributed by atoms with Crippen LogP contribution in [0.3, 0.4) is 0 Å². The Hall–Kier alpha value is -1.07. The molecule has 0 aromatic carbocycles. The van der Waals surface area contributed by atoms with Gasteiger partial charge in [0, 0.05) is 12.0 Å². The van der Waals surface area contributed by atoms with Crippen molar-refractivity contribution in [3.63, 3.8) is 0 Å². The normalized spacial score (nSPS) is 29.5. The van der Waals surface area contributed by atoms with Gasteiger partial charge in [-0.25, -0.2) is 0 Å². The fourth-order valence-corrected chi connectivity index (χ4v) is 2.98. The van der Waals surface area contributed by atoms with Crippen LogP contribution in [0.2, 0.25) is 0 Å². The molecule has 0 amide bonds. The Morgan fingerprint density at radius 3 is 2.50 bits per heavy atom. The third kappa shape index (κ3) is 2.12. The maximum Gasteiger partial charge on any atom is 0.392 e. The van der Waals surface area contributed by atoms with E-state index in [1.807, 2.05) is 4.57 Å². The van der Waals surface area contributed by atoms with E-state index >= 15 is 0 Å². The first-order valence-corrected chi connectivity index (χ1v) is 6.53. The van der Waals surface area contributed by atoms with Gasteiger partial charge >= 0.3 is 6.18 Å². The second-order valence-electron chi connectivity index (χ2n) is 5.37. The van der Waals surface area contributed by atoms with Crippen molar-refractivity contribution in [2.24, 2.45) is 5.92 Å². The van der Waals surface area contributed by atoms with Crippen LogP contribution < -0.4 is 0 Å². The molecule has 2 aliphatic rings. The second-order valence-corrected chi connectivity index (χ2v) is 5.37. The Balaban J connectivity index is 1.89. The SMILES string of the molecule is FC(F)(F)C1CCCCC1c1nncn1C1CC1. The van der Waals surface area contributed by atoms with Gasteiger partial charge in [-0.15, -0.1) is 10.2 Å². The molecule has 0 bridgehead atoms. The summed E-state index contributed by atoms with van der Waals surface area (Å²) in [5.41, 5.74) is 0. The Labute approximate surface area is 103 Å². The highest BCUT2D eigenvalue weighted by molar-refractivity contribution is 5.06. The van der Waals surface area contributed by atoms with Gasteiger partial charge in [-0.3, -0.25) is 0 Å². The van der Waals surface area contributed by atoms with Crippen molar-refractivity contribution >= 4 is 0 Å². The third-order valence-corrected chi connectivity index (χ3v) is 4.06. The summed E-state index contributed by atoms with van der Waals surface area (Å²) in [4.78, 5) is 0. The highest BCUT2D eigenvalue weighted by Gasteiger charge is 2.48. The average Bonchev–Trinajstić information content (AvgIpc) is 3.06. The van der Waals surface area contributed by atoms with Crippen molar-refractivity contribution in [1.82, 2.24) is 14.8 Å². The van der Waals surface area contributed by atoms with Crippen molar-refractivity contribution < 1.29 is 13.2 Å². The molecule has 100 valence electrons. The molecule has 6 heteroatoms. The van der Waals surface area contributed by atoms with Gasteiger partial charge in [-0.1, -0.05) is 12.8 Å². The summed E-state index contributed by atoms with van der Waals surface area (Å²) in [7, 11) is 0. The predicted molar refractivity (Wildman–Crippen MR) is 59.0 cm³/mol. The minimum atomic E-state index is -4.12. The van der Waals surface area contributed by atoms with Crippen molar-refractivity contribution in [1.29, 1.82) is 0 Å². The first kappa shape index (κ1) is 12.0. The predicted octanol–water partition coefficient (Wildman–Crippen LogP) is 3.45. The van der Waals surface area contributed by atoms with Crippen molar-refractivity contribution in [2.45, 2.75) is 56.7 Å². The molecule has 1 aromatic rings. The van der Waals surface area contributed by atoms with E-state index in [1.165, 1.54) is 0 Å². The van der Waals surface area contributed by atoms with Gasteiger partial charge in [0.15, 0.2) is 0 Å². The number of nitrogens with zero attached hydrogens (tertiary/aromatic N) is 3. The summed E-state index contributed by atoms with van der Waals surface area (Å²) < 4.78 is 41.1. The van der Waals surface area contributed by atoms with Crippen molar-refractivity contribution in [3.8, 4) is 0 Å². The van der Waals surface area contributed by atoms with E-state index in [4.69, 9.17) is 0 Å². The molecule has 0 radical (unpaired) electrons. The molecule has 1 heterocycles. The summed E-state index contributed by atoms with van der Waals surface area (Å²) >= 11 is 0. The summed E-state index contributed by atoms with van der Waals surface area (Å²) in [6.45, 7) is 0. The Kier molecular flexibility index (Phi) is 2.83. The zero-order valence-electron chi connectivity index (χ0n) is 10.0. The van der Waals surface area contributed by atoms with Crippen LogP contribution in [-0.2, 0) is 0 Å². The van der Waals surface area contributed by atoms with Crippen LogP contribution in [0.4, 0.5) is 13.2 Å². The minimum absolute atomic E-state index is 0.228. The summed E-state index contributed by atoms with van der Waals surface area (Å²) in [5, 5.41) is 7.80. The molecule has 2 saturated carbocycles. The molecule has 18 heavy (non-hydrogen) atoms. The maximum absolute atomic E-state index is 13.1. The molecule has 2 fully saturated rings. The smallest absolute Gasteiger partial charge is 0.314 e. The van der Waals surface area contributed by atoms with E-state index in [0.29, 0.717) is 24.7 Å². The van der Waals surface area contributed by atoms with E-state index in [1.54, 1.807) is 6.33 Å². The monoisotopic (exact) mass is 259 g/mol. The van der Waals surface area contributed by atoms with Crippen LogP contribution >= 0.6 is 0 Å². The van der Waals surface area contributed by atoms with Gasteiger partial charge in [0.25, 0.3) is 0 Å². The lowest BCUT2D eigenvalue weighted by atomic mass is 9.78. The summed E-state index contributed by atoms with van der Waals surface area (Å²) in [6, 6.07) is 0.339. The van der Waals surface area contributed by atoms with Crippen LogP contribution in [0.15, 0.2) is 6.33 Å². The number of aromatic nitrogens is 3. The van der Waals surface area contributed by atoms with Crippen LogP contribution in [0, 0.1) is 5.92 Å². The number of hydrogen-bond donors (Lipinski definition) is 0. The molecule has 0 saturated heterocycles. The van der Waals surface area contributed by atoms with E-state index in [9.17, 15) is 13.2 Å². The zero-order chi connectivity index (χ0) is 12.8. The molecular weight excluding hydrogens is 243 g/mol. The van der Waals surface area contributed by atoms with Gasteiger partial charge in [-0.2, -0.15) is 13.2 Å². The molecule has 2 unspecified atom stereocenters. The number of halogens is 3. The standard InChI is InChI=1S/C12H16F3N3/c13-12(14,15)10-4-2-1-3-9(10)11-17-16-7-18(11)8-5-6-8/h7-10H,1-6H2. The lowest BCUT2D eigenvalue weighted by Gasteiger charge is -2.32. The molecule has 0 N–H and O–H groups in total. The molecule has 2 aliphatic carbocycles. The van der Waals surface area contributed by atoms with Crippen LogP contribution in [-0.4, -0.2) is 20.9 Å². The van der Waals surface area contributed by atoms with E-state index in [0.717, 1.165) is 19.3 Å². The Morgan fingerprint density at radius 2 is 1.83 bits per heavy atom. The van der Waals surface area contributed by atoms with Gasteiger partial charge in [0.05, 0.1) is 5.92 Å². The second kappa shape index (κ2) is 4.24. The molecular formula is C12H16F3N3. The molecule has 0 spiro atoms. The van der Waals surface area contributed by atoms with E-state index < -0.39 is 18.0 Å². The van der Waals surface area contributed by atoms with Gasteiger partial charge < -0.3 is 4.57 Å². The lowest BCUT2D eigenvalue weighted by Crippen LogP contribution is -2.33. The van der Waals surface area contributed by atoms with E-state index in [-0.39, 0.29) is 6.42 Å². The third-order valence-electron chi connectivity index (χ3n) is 4.06. The van der Waals surface area contributed by atoms with Crippen LogP contribution in [0.25, 0.3) is 0 Å². The van der Waals surface area contributed by atoms with Crippen molar-refractivity contribution in [2.75, 3.05) is 0 Å². The van der Waals surface area contributed by atoms with Gasteiger partial charge in [0.1, 0.15) is 12.2 Å². The van der Waals surface area contributed by atoms with Gasteiger partial charge in [0.2, 0.25) is 0 Å². The first-order chi connectivity index (χ1) is 8.57. The summed E-state index contributed by atoms with van der Waals surface area (Å²) in [5.74, 6) is -1.19. The quantitative estimate of drug-likeness (QED) is 0.814. The Morgan fingerprint density at radius 1 is 1.11 bits per heavy atom. The Bertz CT molecular complexity index is 422. The highest BCUT2D eigenvalue weighted by atomic mass is 19.4. The highest BCUT2D eigenvalue weighted by Crippen LogP contribution is 2.47. The average molecular weight is 259 g/mol. The van der Waals surface area contributed by atoms with Crippen LogP contribution in [0.5, 0.6) is 0 Å². The molecule has 1 aromatic heterocycles. The largest absolute Gasteiger partial charge is 0.392 e. The topological polar surface area (TPSA) is 30.7 Å².